The van der Waals surface area contributed by atoms with Gasteiger partial charge in [0.1, 0.15) is 46.7 Å². The number of hydrogen-bond acceptors (Lipinski definition) is 6. The van der Waals surface area contributed by atoms with E-state index in [1.165, 1.54) is 11.1 Å². The van der Waals surface area contributed by atoms with Gasteiger partial charge in [0.05, 0.1) is 6.33 Å². The van der Waals surface area contributed by atoms with Crippen LogP contribution in [0.4, 0.5) is 0 Å². The predicted octanol–water partition coefficient (Wildman–Crippen LogP) is 5.78. The lowest BCUT2D eigenvalue weighted by molar-refractivity contribution is -0.0341. The van der Waals surface area contributed by atoms with Gasteiger partial charge in [-0.15, -0.1) is 0 Å². The summed E-state index contributed by atoms with van der Waals surface area (Å²) in [6.45, 7) is 4.47. The van der Waals surface area contributed by atoms with Crippen molar-refractivity contribution in [3.8, 4) is 11.5 Å². The molecule has 1 aliphatic heterocycles. The van der Waals surface area contributed by atoms with Crippen molar-refractivity contribution in [2.75, 3.05) is 6.61 Å². The third kappa shape index (κ3) is 4.90. The van der Waals surface area contributed by atoms with Gasteiger partial charge in [0.25, 0.3) is 0 Å². The molecule has 0 amide bonds. The van der Waals surface area contributed by atoms with E-state index in [4.69, 9.17) is 14.2 Å². The molecule has 0 aliphatic carbocycles. The highest BCUT2D eigenvalue weighted by Crippen LogP contribution is 2.35. The maximum Gasteiger partial charge on any atom is 0.199 e. The fraction of sp³-hybridized carbons (Fsp3) is 0.292. The molecule has 1 fully saturated rings. The number of hydrogen-bond donors (Lipinski definition) is 0. The lowest BCUT2D eigenvalue weighted by Crippen LogP contribution is -2.32. The average Bonchev–Trinajstić information content (AvgIpc) is 3.39. The molecule has 9 heteroatoms. The minimum atomic E-state index is -0.300. The van der Waals surface area contributed by atoms with Crippen LogP contribution in [0.15, 0.2) is 64.2 Å². The summed E-state index contributed by atoms with van der Waals surface area (Å²) in [4.78, 5) is 13.2. The number of aromatic nitrogens is 4. The van der Waals surface area contributed by atoms with Crippen LogP contribution in [0.2, 0.25) is 0 Å². The van der Waals surface area contributed by atoms with E-state index in [1.807, 2.05) is 53.1 Å². The summed E-state index contributed by atoms with van der Waals surface area (Å²) in [7, 11) is 0. The third-order valence-electron chi connectivity index (χ3n) is 5.59. The monoisotopic (exact) mass is 572 g/mol. The molecule has 170 valence electrons. The van der Waals surface area contributed by atoms with Crippen molar-refractivity contribution in [3.63, 3.8) is 0 Å². The average molecular weight is 574 g/mol. The van der Waals surface area contributed by atoms with Crippen LogP contribution < -0.4 is 9.47 Å². The molecule has 0 bridgehead atoms. The summed E-state index contributed by atoms with van der Waals surface area (Å²) in [5.41, 5.74) is 3.73. The summed E-state index contributed by atoms with van der Waals surface area (Å²) in [5.74, 6) is 1.61. The third-order valence-corrected chi connectivity index (χ3v) is 6.49. The smallest absolute Gasteiger partial charge is 0.199 e. The number of fused-ring (bicyclic) bond motifs is 1. The van der Waals surface area contributed by atoms with Gasteiger partial charge in [0.15, 0.2) is 10.4 Å². The van der Waals surface area contributed by atoms with Crippen molar-refractivity contribution in [2.45, 2.75) is 38.7 Å². The Morgan fingerprint density at radius 3 is 2.33 bits per heavy atom. The lowest BCUT2D eigenvalue weighted by Gasteiger charge is -2.20. The van der Waals surface area contributed by atoms with E-state index in [-0.39, 0.29) is 18.4 Å². The Hall–Kier alpha value is -2.49. The van der Waals surface area contributed by atoms with Crippen molar-refractivity contribution in [1.82, 2.24) is 19.5 Å². The van der Waals surface area contributed by atoms with Crippen LogP contribution in [0, 0.1) is 13.8 Å². The summed E-state index contributed by atoms with van der Waals surface area (Å²) in [5, 5.41) is 0. The highest BCUT2D eigenvalue weighted by molar-refractivity contribution is 9.11. The zero-order chi connectivity index (χ0) is 22.9. The van der Waals surface area contributed by atoms with E-state index in [0.29, 0.717) is 33.5 Å². The van der Waals surface area contributed by atoms with E-state index in [1.54, 1.807) is 6.33 Å². The molecule has 2 aromatic heterocycles. The van der Waals surface area contributed by atoms with Gasteiger partial charge >= 0.3 is 0 Å². The standard InChI is InChI=1S/C24H22Br2N4O3/c1-14-3-7-16(8-4-14)31-12-19-18(32-17-9-5-15(2)6-10-17)11-20(33-19)30-13-27-21-22(25)28-24(26)29-23(21)30/h3-10,13,18-20H,11-12H2,1-2H3/t18-,19+,20+/m0/s1. The quantitative estimate of drug-likeness (QED) is 0.215. The second kappa shape index (κ2) is 9.40. The van der Waals surface area contributed by atoms with Gasteiger partial charge in [-0.05, 0) is 70.0 Å². The van der Waals surface area contributed by atoms with Gasteiger partial charge < -0.3 is 14.2 Å². The van der Waals surface area contributed by atoms with E-state index in [0.717, 1.165) is 11.5 Å². The predicted molar refractivity (Wildman–Crippen MR) is 132 cm³/mol. The first kappa shape index (κ1) is 22.3. The molecule has 2 aromatic carbocycles. The minimum Gasteiger partial charge on any atom is -0.491 e. The van der Waals surface area contributed by atoms with Crippen molar-refractivity contribution in [2.24, 2.45) is 0 Å². The van der Waals surface area contributed by atoms with Crippen molar-refractivity contribution in [1.29, 1.82) is 0 Å². The molecule has 33 heavy (non-hydrogen) atoms. The molecule has 0 spiro atoms. The fourth-order valence-electron chi connectivity index (χ4n) is 3.82. The van der Waals surface area contributed by atoms with Crippen molar-refractivity contribution < 1.29 is 14.2 Å². The first-order valence-electron chi connectivity index (χ1n) is 10.6. The Kier molecular flexibility index (Phi) is 6.36. The maximum absolute atomic E-state index is 6.43. The highest BCUT2D eigenvalue weighted by atomic mass is 79.9. The van der Waals surface area contributed by atoms with Gasteiger partial charge in [-0.25, -0.2) is 15.0 Å². The molecule has 1 saturated heterocycles. The highest BCUT2D eigenvalue weighted by Gasteiger charge is 2.39. The number of ether oxygens (including phenoxy) is 3. The number of aryl methyl sites for hydroxylation is 2. The first-order valence-corrected chi connectivity index (χ1v) is 12.2. The summed E-state index contributed by atoms with van der Waals surface area (Å²) < 4.78 is 21.9. The molecular formula is C24H22Br2N4O3. The van der Waals surface area contributed by atoms with Gasteiger partial charge in [0.2, 0.25) is 0 Å². The van der Waals surface area contributed by atoms with E-state index in [9.17, 15) is 0 Å². The number of rotatable bonds is 6. The zero-order valence-electron chi connectivity index (χ0n) is 18.1. The zero-order valence-corrected chi connectivity index (χ0v) is 21.3. The molecule has 0 radical (unpaired) electrons. The molecule has 3 atom stereocenters. The van der Waals surface area contributed by atoms with Crippen molar-refractivity contribution >= 4 is 43.0 Å². The van der Waals surface area contributed by atoms with Crippen LogP contribution in [0.1, 0.15) is 23.8 Å². The minimum absolute atomic E-state index is 0.200. The van der Waals surface area contributed by atoms with Gasteiger partial charge in [0, 0.05) is 6.42 Å². The van der Waals surface area contributed by atoms with Crippen molar-refractivity contribution in [3.05, 3.63) is 75.3 Å². The van der Waals surface area contributed by atoms with Gasteiger partial charge in [-0.2, -0.15) is 0 Å². The Morgan fingerprint density at radius 2 is 1.64 bits per heavy atom. The van der Waals surface area contributed by atoms with Crippen LogP contribution in [-0.2, 0) is 4.74 Å². The van der Waals surface area contributed by atoms with Crippen LogP contribution in [0.25, 0.3) is 11.2 Å². The summed E-state index contributed by atoms with van der Waals surface area (Å²) >= 11 is 6.82. The molecule has 3 heterocycles. The molecule has 0 saturated carbocycles. The number of benzene rings is 2. The molecule has 7 nitrogen and oxygen atoms in total. The number of nitrogens with zero attached hydrogens (tertiary/aromatic N) is 4. The number of imidazole rings is 1. The molecule has 4 aromatic rings. The molecule has 1 aliphatic rings. The topological polar surface area (TPSA) is 71.3 Å². The van der Waals surface area contributed by atoms with Gasteiger partial charge in [-0.1, -0.05) is 35.4 Å². The Morgan fingerprint density at radius 1 is 0.970 bits per heavy atom. The van der Waals surface area contributed by atoms with Gasteiger partial charge in [-0.3, -0.25) is 4.57 Å². The van der Waals surface area contributed by atoms with Crippen LogP contribution >= 0.6 is 31.9 Å². The Labute approximate surface area is 208 Å². The lowest BCUT2D eigenvalue weighted by atomic mass is 10.1. The second-order valence-corrected chi connectivity index (χ2v) is 9.53. The second-order valence-electron chi connectivity index (χ2n) is 8.07. The Balaban J connectivity index is 1.40. The van der Waals surface area contributed by atoms with E-state index >= 15 is 0 Å². The first-order chi connectivity index (χ1) is 16.0. The Bertz CT molecular complexity index is 1260. The SMILES string of the molecule is Cc1ccc(OC[C@H]2O[C@@H](n3cnc4c(Br)nc(Br)nc43)C[C@@H]2Oc2ccc(C)cc2)cc1. The van der Waals surface area contributed by atoms with E-state index < -0.39 is 0 Å². The largest absolute Gasteiger partial charge is 0.491 e. The summed E-state index contributed by atoms with van der Waals surface area (Å²) in [6, 6.07) is 16.0. The fourth-order valence-corrected chi connectivity index (χ4v) is 4.85. The molecular weight excluding hydrogens is 552 g/mol. The van der Waals surface area contributed by atoms with Crippen LogP contribution in [-0.4, -0.2) is 38.3 Å². The normalized spacial score (nSPS) is 20.3. The van der Waals surface area contributed by atoms with E-state index in [2.05, 4.69) is 60.7 Å². The number of halogens is 2. The molecule has 5 rings (SSSR count). The molecule has 0 unspecified atom stereocenters. The summed E-state index contributed by atoms with van der Waals surface area (Å²) in [6.07, 6.45) is 1.58. The van der Waals surface area contributed by atoms with Crippen LogP contribution in [0.3, 0.4) is 0 Å². The van der Waals surface area contributed by atoms with Crippen LogP contribution in [0.5, 0.6) is 11.5 Å². The molecule has 0 N–H and O–H groups in total. The maximum atomic E-state index is 6.43.